The first-order chi connectivity index (χ1) is 7.72. The normalized spacial score (nSPS) is 10.7. The Morgan fingerprint density at radius 1 is 1.19 bits per heavy atom. The summed E-state index contributed by atoms with van der Waals surface area (Å²) in [6.07, 6.45) is 1.79. The molecule has 16 heavy (non-hydrogen) atoms. The molecule has 0 saturated carbocycles. The quantitative estimate of drug-likeness (QED) is 0.801. The van der Waals surface area contributed by atoms with Crippen molar-refractivity contribution in [2.75, 3.05) is 0 Å². The van der Waals surface area contributed by atoms with E-state index in [0.717, 1.165) is 24.2 Å². The second-order valence-corrected chi connectivity index (χ2v) is 4.34. The van der Waals surface area contributed by atoms with E-state index in [9.17, 15) is 0 Å². The number of aromatic nitrogens is 1. The highest BCUT2D eigenvalue weighted by Crippen LogP contribution is 2.31. The van der Waals surface area contributed by atoms with Crippen molar-refractivity contribution in [3.05, 3.63) is 40.1 Å². The van der Waals surface area contributed by atoms with E-state index in [4.69, 9.17) is 27.7 Å². The number of rotatable bonds is 3. The zero-order chi connectivity index (χ0) is 11.5. The Labute approximate surface area is 104 Å². The summed E-state index contributed by atoms with van der Waals surface area (Å²) in [5.41, 5.74) is 1.60. The highest BCUT2D eigenvalue weighted by atomic mass is 35.5. The Morgan fingerprint density at radius 2 is 1.88 bits per heavy atom. The maximum absolute atomic E-state index is 6.19. The van der Waals surface area contributed by atoms with Gasteiger partial charge in [0.25, 0.3) is 0 Å². The van der Waals surface area contributed by atoms with Gasteiger partial charge in [-0.15, -0.1) is 0 Å². The lowest BCUT2D eigenvalue weighted by molar-refractivity contribution is 0.384. The van der Waals surface area contributed by atoms with Crippen molar-refractivity contribution < 1.29 is 4.52 Å². The fourth-order valence-corrected chi connectivity index (χ4v) is 1.88. The Kier molecular flexibility index (Phi) is 3.52. The molecule has 1 aromatic heterocycles. The van der Waals surface area contributed by atoms with Crippen molar-refractivity contribution in [3.63, 3.8) is 0 Å². The second-order valence-electron chi connectivity index (χ2n) is 3.53. The summed E-state index contributed by atoms with van der Waals surface area (Å²) in [7, 11) is 0. The van der Waals surface area contributed by atoms with Crippen molar-refractivity contribution in [1.82, 2.24) is 5.16 Å². The molecule has 4 heteroatoms. The molecule has 0 unspecified atom stereocenters. The lowest BCUT2D eigenvalue weighted by atomic mass is 10.1. The molecular weight excluding hydrogens is 245 g/mol. The predicted molar refractivity (Wildman–Crippen MR) is 66.0 cm³/mol. The topological polar surface area (TPSA) is 26.0 Å². The molecular formula is C12H11Cl2NO. The van der Waals surface area contributed by atoms with E-state index in [1.54, 1.807) is 12.1 Å². The van der Waals surface area contributed by atoms with Crippen molar-refractivity contribution in [1.29, 1.82) is 0 Å². The lowest BCUT2D eigenvalue weighted by Gasteiger charge is -1.96. The molecule has 0 fully saturated rings. The fourth-order valence-electron chi connectivity index (χ4n) is 1.48. The van der Waals surface area contributed by atoms with Gasteiger partial charge in [-0.25, -0.2) is 0 Å². The van der Waals surface area contributed by atoms with Gasteiger partial charge in [0, 0.05) is 17.0 Å². The van der Waals surface area contributed by atoms with Gasteiger partial charge in [0.15, 0.2) is 5.76 Å². The van der Waals surface area contributed by atoms with Crippen LogP contribution in [0.1, 0.15) is 19.1 Å². The lowest BCUT2D eigenvalue weighted by Crippen LogP contribution is -1.80. The minimum atomic E-state index is 0.601. The average Bonchev–Trinajstić information content (AvgIpc) is 2.63. The van der Waals surface area contributed by atoms with Crippen LogP contribution in [-0.2, 0) is 6.42 Å². The van der Waals surface area contributed by atoms with Gasteiger partial charge in [-0.1, -0.05) is 47.4 Å². The fraction of sp³-hybridized carbons (Fsp3) is 0.250. The molecule has 0 aliphatic carbocycles. The van der Waals surface area contributed by atoms with Crippen LogP contribution in [0.2, 0.25) is 10.0 Å². The Morgan fingerprint density at radius 3 is 2.50 bits per heavy atom. The third kappa shape index (κ3) is 2.23. The summed E-state index contributed by atoms with van der Waals surface area (Å²) >= 11 is 12.0. The monoisotopic (exact) mass is 255 g/mol. The van der Waals surface area contributed by atoms with E-state index in [-0.39, 0.29) is 0 Å². The second kappa shape index (κ2) is 4.89. The molecule has 0 bridgehead atoms. The van der Waals surface area contributed by atoms with Gasteiger partial charge in [0.2, 0.25) is 0 Å². The van der Waals surface area contributed by atoms with Crippen LogP contribution < -0.4 is 0 Å². The molecule has 2 rings (SSSR count). The summed E-state index contributed by atoms with van der Waals surface area (Å²) in [4.78, 5) is 0. The van der Waals surface area contributed by atoms with Crippen LogP contribution in [-0.4, -0.2) is 5.16 Å². The number of hydrogen-bond donors (Lipinski definition) is 0. The van der Waals surface area contributed by atoms with Gasteiger partial charge < -0.3 is 4.52 Å². The van der Waals surface area contributed by atoms with Crippen molar-refractivity contribution in [2.45, 2.75) is 19.8 Å². The van der Waals surface area contributed by atoms with E-state index in [0.29, 0.717) is 15.7 Å². The largest absolute Gasteiger partial charge is 0.359 e. The molecule has 0 radical (unpaired) electrons. The smallest absolute Gasteiger partial charge is 0.155 e. The van der Waals surface area contributed by atoms with Crippen molar-refractivity contribution >= 4 is 23.2 Å². The molecule has 0 saturated heterocycles. The molecule has 2 nitrogen and oxygen atoms in total. The first kappa shape index (κ1) is 11.5. The van der Waals surface area contributed by atoms with Crippen molar-refractivity contribution in [2.24, 2.45) is 0 Å². The van der Waals surface area contributed by atoms with Crippen LogP contribution in [0.25, 0.3) is 11.3 Å². The Balaban J connectivity index is 2.37. The number of aryl methyl sites for hydroxylation is 1. The van der Waals surface area contributed by atoms with Gasteiger partial charge >= 0.3 is 0 Å². The van der Waals surface area contributed by atoms with E-state index >= 15 is 0 Å². The highest BCUT2D eigenvalue weighted by molar-refractivity contribution is 6.33. The molecule has 0 aliphatic heterocycles. The number of halogens is 2. The summed E-state index contributed by atoms with van der Waals surface area (Å²) in [6, 6.07) is 7.37. The Hall–Kier alpha value is -0.990. The average molecular weight is 256 g/mol. The molecule has 2 aromatic rings. The summed E-state index contributed by atoms with van der Waals surface area (Å²) in [5.74, 6) is 0.745. The molecule has 0 aliphatic rings. The van der Waals surface area contributed by atoms with E-state index in [1.807, 2.05) is 12.1 Å². The highest BCUT2D eigenvalue weighted by Gasteiger charge is 2.14. The standard InChI is InChI=1S/C12H11Cl2NO/c1-2-3-10-11(14)12(15-16-10)8-4-6-9(13)7-5-8/h4-7H,2-3H2,1H3. The van der Waals surface area contributed by atoms with Crippen LogP contribution in [0, 0.1) is 0 Å². The summed E-state index contributed by atoms with van der Waals surface area (Å²) in [6.45, 7) is 2.07. The molecule has 1 aromatic carbocycles. The first-order valence-corrected chi connectivity index (χ1v) is 5.88. The number of benzene rings is 1. The third-order valence-electron chi connectivity index (χ3n) is 2.29. The molecule has 84 valence electrons. The predicted octanol–water partition coefficient (Wildman–Crippen LogP) is 4.60. The maximum atomic E-state index is 6.19. The molecule has 0 spiro atoms. The third-order valence-corrected chi connectivity index (χ3v) is 2.94. The molecule has 0 N–H and O–H groups in total. The van der Waals surface area contributed by atoms with Crippen molar-refractivity contribution in [3.8, 4) is 11.3 Å². The first-order valence-electron chi connectivity index (χ1n) is 5.12. The van der Waals surface area contributed by atoms with Crippen LogP contribution in [0.4, 0.5) is 0 Å². The minimum absolute atomic E-state index is 0.601. The molecule has 0 amide bonds. The van der Waals surface area contributed by atoms with Crippen LogP contribution in [0.3, 0.4) is 0 Å². The maximum Gasteiger partial charge on any atom is 0.155 e. The summed E-state index contributed by atoms with van der Waals surface area (Å²) in [5, 5.41) is 5.28. The minimum Gasteiger partial charge on any atom is -0.359 e. The van der Waals surface area contributed by atoms with E-state index in [1.165, 1.54) is 0 Å². The van der Waals surface area contributed by atoms with Crippen LogP contribution in [0.15, 0.2) is 28.8 Å². The van der Waals surface area contributed by atoms with Gasteiger partial charge in [-0.3, -0.25) is 0 Å². The van der Waals surface area contributed by atoms with Gasteiger partial charge in [-0.2, -0.15) is 0 Å². The van der Waals surface area contributed by atoms with Gasteiger partial charge in [0.05, 0.1) is 0 Å². The van der Waals surface area contributed by atoms with Gasteiger partial charge in [0.1, 0.15) is 10.7 Å². The van der Waals surface area contributed by atoms with Crippen LogP contribution in [0.5, 0.6) is 0 Å². The molecule has 1 heterocycles. The SMILES string of the molecule is CCCc1onc(-c2ccc(Cl)cc2)c1Cl. The zero-order valence-corrected chi connectivity index (χ0v) is 10.3. The van der Waals surface area contributed by atoms with E-state index < -0.39 is 0 Å². The molecule has 0 atom stereocenters. The van der Waals surface area contributed by atoms with Gasteiger partial charge in [-0.05, 0) is 18.6 Å². The van der Waals surface area contributed by atoms with E-state index in [2.05, 4.69) is 12.1 Å². The van der Waals surface area contributed by atoms with Crippen LogP contribution >= 0.6 is 23.2 Å². The zero-order valence-electron chi connectivity index (χ0n) is 8.84. The number of hydrogen-bond acceptors (Lipinski definition) is 2. The summed E-state index contributed by atoms with van der Waals surface area (Å²) < 4.78 is 5.21. The Bertz CT molecular complexity index is 476. The number of nitrogens with zero attached hydrogens (tertiary/aromatic N) is 1.